The molecule has 1 N–H and O–H groups in total. The Morgan fingerprint density at radius 2 is 2.44 bits per heavy atom. The molecule has 16 heavy (non-hydrogen) atoms. The van der Waals surface area contributed by atoms with Crippen molar-refractivity contribution < 1.29 is 4.74 Å². The molecule has 88 valence electrons. The van der Waals surface area contributed by atoms with Crippen LogP contribution in [-0.2, 0) is 11.3 Å². The van der Waals surface area contributed by atoms with Crippen LogP contribution in [0.1, 0.15) is 18.5 Å². The van der Waals surface area contributed by atoms with Crippen molar-refractivity contribution >= 4 is 15.9 Å². The van der Waals surface area contributed by atoms with Gasteiger partial charge in [0.1, 0.15) is 4.60 Å². The highest BCUT2D eigenvalue weighted by Gasteiger charge is 2.14. The third-order valence-corrected chi connectivity index (χ3v) is 3.27. The van der Waals surface area contributed by atoms with Crippen LogP contribution in [0.4, 0.5) is 0 Å². The van der Waals surface area contributed by atoms with Crippen LogP contribution in [0.2, 0.25) is 0 Å². The van der Waals surface area contributed by atoms with E-state index < -0.39 is 0 Å². The van der Waals surface area contributed by atoms with E-state index in [1.165, 1.54) is 12.8 Å². The molecule has 1 atom stereocenters. The van der Waals surface area contributed by atoms with E-state index in [0.29, 0.717) is 0 Å². The lowest BCUT2D eigenvalue weighted by atomic mass is 10.1. The average molecular weight is 285 g/mol. The van der Waals surface area contributed by atoms with E-state index in [4.69, 9.17) is 4.74 Å². The van der Waals surface area contributed by atoms with Crippen LogP contribution in [0.5, 0.6) is 0 Å². The molecule has 0 aliphatic carbocycles. The van der Waals surface area contributed by atoms with E-state index in [1.54, 1.807) is 0 Å². The molecule has 1 unspecified atom stereocenters. The highest BCUT2D eigenvalue weighted by Crippen LogP contribution is 2.15. The van der Waals surface area contributed by atoms with Gasteiger partial charge in [-0.1, -0.05) is 6.07 Å². The number of nitrogens with zero attached hydrogens (tertiary/aromatic N) is 1. The minimum absolute atomic E-state index is 0.753. The monoisotopic (exact) mass is 284 g/mol. The van der Waals surface area contributed by atoms with Crippen molar-refractivity contribution in [1.29, 1.82) is 0 Å². The summed E-state index contributed by atoms with van der Waals surface area (Å²) in [7, 11) is 0. The van der Waals surface area contributed by atoms with Crippen LogP contribution in [-0.4, -0.2) is 24.7 Å². The van der Waals surface area contributed by atoms with Crippen molar-refractivity contribution in [3.63, 3.8) is 0 Å². The second-order valence-electron chi connectivity index (χ2n) is 4.15. The number of nitrogens with one attached hydrogen (secondary N) is 1. The van der Waals surface area contributed by atoms with Crippen LogP contribution < -0.4 is 5.32 Å². The summed E-state index contributed by atoms with van der Waals surface area (Å²) in [6, 6.07) is 5.99. The van der Waals surface area contributed by atoms with Crippen molar-refractivity contribution in [1.82, 2.24) is 10.3 Å². The topological polar surface area (TPSA) is 34.1 Å². The summed E-state index contributed by atoms with van der Waals surface area (Å²) >= 11 is 3.37. The smallest absolute Gasteiger partial charge is 0.106 e. The summed E-state index contributed by atoms with van der Waals surface area (Å²) in [5.74, 6) is 0.753. The molecule has 1 aliphatic rings. The van der Waals surface area contributed by atoms with Crippen LogP contribution >= 0.6 is 15.9 Å². The van der Waals surface area contributed by atoms with Gasteiger partial charge < -0.3 is 10.1 Å². The molecule has 0 spiro atoms. The van der Waals surface area contributed by atoms with Gasteiger partial charge in [-0.15, -0.1) is 0 Å². The summed E-state index contributed by atoms with van der Waals surface area (Å²) in [6.45, 7) is 3.77. The molecule has 4 heteroatoms. The molecule has 0 aromatic carbocycles. The predicted molar refractivity (Wildman–Crippen MR) is 67.2 cm³/mol. The summed E-state index contributed by atoms with van der Waals surface area (Å²) in [5, 5.41) is 3.42. The van der Waals surface area contributed by atoms with Gasteiger partial charge in [0, 0.05) is 19.8 Å². The lowest BCUT2D eigenvalue weighted by Gasteiger charge is -2.08. The van der Waals surface area contributed by atoms with Gasteiger partial charge in [0.05, 0.1) is 5.69 Å². The lowest BCUT2D eigenvalue weighted by molar-refractivity contribution is 0.184. The standard InChI is InChI=1S/C12H17BrN2O/c13-12-3-1-2-11(15-12)8-14-6-4-10-5-7-16-9-10/h1-3,10,14H,4-9H2. The molecule has 0 bridgehead atoms. The number of halogens is 1. The number of aromatic nitrogens is 1. The molecular weight excluding hydrogens is 268 g/mol. The molecule has 2 rings (SSSR count). The quantitative estimate of drug-likeness (QED) is 0.666. The molecule has 1 aromatic rings. The SMILES string of the molecule is Brc1cccc(CNCCC2CCOC2)n1. The van der Waals surface area contributed by atoms with E-state index in [2.05, 4.69) is 26.2 Å². The summed E-state index contributed by atoms with van der Waals surface area (Å²) in [6.07, 6.45) is 2.42. The van der Waals surface area contributed by atoms with E-state index in [-0.39, 0.29) is 0 Å². The first kappa shape index (κ1) is 12.0. The fraction of sp³-hybridized carbons (Fsp3) is 0.583. The van der Waals surface area contributed by atoms with Crippen molar-refractivity contribution in [2.75, 3.05) is 19.8 Å². The first-order valence-electron chi connectivity index (χ1n) is 5.74. The molecule has 2 heterocycles. The second-order valence-corrected chi connectivity index (χ2v) is 4.96. The Balaban J connectivity index is 1.64. The van der Waals surface area contributed by atoms with Crippen molar-refractivity contribution in [2.24, 2.45) is 5.92 Å². The zero-order valence-corrected chi connectivity index (χ0v) is 10.9. The normalized spacial score (nSPS) is 20.2. The third kappa shape index (κ3) is 3.85. The molecule has 0 saturated carbocycles. The van der Waals surface area contributed by atoms with E-state index in [1.807, 2.05) is 18.2 Å². The number of ether oxygens (including phenoxy) is 1. The van der Waals surface area contributed by atoms with Gasteiger partial charge in [0.25, 0.3) is 0 Å². The Bertz CT molecular complexity index is 327. The summed E-state index contributed by atoms with van der Waals surface area (Å²) in [4.78, 5) is 4.37. The molecule has 1 saturated heterocycles. The predicted octanol–water partition coefficient (Wildman–Crippen LogP) is 2.36. The van der Waals surface area contributed by atoms with Crippen LogP contribution in [0, 0.1) is 5.92 Å². The molecule has 3 nitrogen and oxygen atoms in total. The highest BCUT2D eigenvalue weighted by atomic mass is 79.9. The molecule has 0 radical (unpaired) electrons. The zero-order valence-electron chi connectivity index (χ0n) is 9.29. The number of pyridine rings is 1. The van der Waals surface area contributed by atoms with Crippen LogP contribution in [0.25, 0.3) is 0 Å². The molecule has 1 fully saturated rings. The Labute approximate surface area is 105 Å². The number of hydrogen-bond donors (Lipinski definition) is 1. The number of rotatable bonds is 5. The minimum atomic E-state index is 0.753. The van der Waals surface area contributed by atoms with Crippen molar-refractivity contribution in [3.8, 4) is 0 Å². The fourth-order valence-electron chi connectivity index (χ4n) is 1.88. The van der Waals surface area contributed by atoms with E-state index >= 15 is 0 Å². The van der Waals surface area contributed by atoms with E-state index in [9.17, 15) is 0 Å². The maximum atomic E-state index is 5.34. The van der Waals surface area contributed by atoms with Crippen molar-refractivity contribution in [3.05, 3.63) is 28.5 Å². The molecule has 1 aromatic heterocycles. The van der Waals surface area contributed by atoms with Gasteiger partial charge in [-0.25, -0.2) is 4.98 Å². The second kappa shape index (κ2) is 6.33. The van der Waals surface area contributed by atoms with E-state index in [0.717, 1.165) is 42.5 Å². The van der Waals surface area contributed by atoms with Gasteiger partial charge in [-0.2, -0.15) is 0 Å². The number of hydrogen-bond acceptors (Lipinski definition) is 3. The Morgan fingerprint density at radius 1 is 1.50 bits per heavy atom. The third-order valence-electron chi connectivity index (χ3n) is 2.83. The lowest BCUT2D eigenvalue weighted by Crippen LogP contribution is -2.18. The zero-order chi connectivity index (χ0) is 11.2. The molecular formula is C12H17BrN2O. The highest BCUT2D eigenvalue weighted by molar-refractivity contribution is 9.10. The van der Waals surface area contributed by atoms with Gasteiger partial charge in [0.2, 0.25) is 0 Å². The Morgan fingerprint density at radius 3 is 3.19 bits per heavy atom. The Hall–Kier alpha value is -0.450. The molecule has 1 aliphatic heterocycles. The first-order valence-corrected chi connectivity index (χ1v) is 6.54. The van der Waals surface area contributed by atoms with Crippen molar-refractivity contribution in [2.45, 2.75) is 19.4 Å². The van der Waals surface area contributed by atoms with Gasteiger partial charge in [-0.05, 0) is 53.4 Å². The van der Waals surface area contributed by atoms with Crippen LogP contribution in [0.15, 0.2) is 22.8 Å². The fourth-order valence-corrected chi connectivity index (χ4v) is 2.26. The average Bonchev–Trinajstić information content (AvgIpc) is 2.77. The first-order chi connectivity index (χ1) is 7.84. The maximum Gasteiger partial charge on any atom is 0.106 e. The summed E-state index contributed by atoms with van der Waals surface area (Å²) < 4.78 is 6.24. The molecule has 0 amide bonds. The minimum Gasteiger partial charge on any atom is -0.381 e. The van der Waals surface area contributed by atoms with Gasteiger partial charge in [0.15, 0.2) is 0 Å². The summed E-state index contributed by atoms with van der Waals surface area (Å²) in [5.41, 5.74) is 1.08. The van der Waals surface area contributed by atoms with Gasteiger partial charge in [-0.3, -0.25) is 0 Å². The van der Waals surface area contributed by atoms with Gasteiger partial charge >= 0.3 is 0 Å². The largest absolute Gasteiger partial charge is 0.381 e. The Kier molecular flexibility index (Phi) is 4.75. The maximum absolute atomic E-state index is 5.34. The van der Waals surface area contributed by atoms with Crippen LogP contribution in [0.3, 0.4) is 0 Å².